The van der Waals surface area contributed by atoms with Gasteiger partial charge < -0.3 is 15.0 Å². The first-order valence-electron chi connectivity index (χ1n) is 9.34. The first-order chi connectivity index (χ1) is 13.3. The molecule has 2 aromatic rings. The highest BCUT2D eigenvalue weighted by molar-refractivity contribution is 6.02. The number of aryl methyl sites for hydroxylation is 1. The summed E-state index contributed by atoms with van der Waals surface area (Å²) in [5.41, 5.74) is 1.42. The predicted molar refractivity (Wildman–Crippen MR) is 100 cm³/mol. The second-order valence-electron chi connectivity index (χ2n) is 7.56. The molecule has 148 valence electrons. The summed E-state index contributed by atoms with van der Waals surface area (Å²) in [7, 11) is 1.85. The van der Waals surface area contributed by atoms with E-state index in [1.165, 1.54) is 6.07 Å². The second kappa shape index (κ2) is 7.00. The van der Waals surface area contributed by atoms with Crippen LogP contribution in [0.1, 0.15) is 31.3 Å². The summed E-state index contributed by atoms with van der Waals surface area (Å²) in [5.74, 6) is 0.339. The van der Waals surface area contributed by atoms with Crippen LogP contribution in [-0.4, -0.2) is 35.1 Å². The molecule has 4 rings (SSSR count). The van der Waals surface area contributed by atoms with Gasteiger partial charge in [-0.2, -0.15) is 0 Å². The fourth-order valence-corrected chi connectivity index (χ4v) is 3.63. The van der Waals surface area contributed by atoms with E-state index in [0.717, 1.165) is 42.3 Å². The highest BCUT2D eigenvalue weighted by Gasteiger charge is 2.34. The summed E-state index contributed by atoms with van der Waals surface area (Å²) in [5, 5.41) is 2.88. The van der Waals surface area contributed by atoms with Crippen LogP contribution in [0.25, 0.3) is 0 Å². The van der Waals surface area contributed by atoms with Crippen molar-refractivity contribution in [2.45, 2.75) is 45.3 Å². The Morgan fingerprint density at radius 3 is 2.71 bits per heavy atom. The number of carbonyl (C=O) groups excluding carboxylic acids is 1. The Balaban J connectivity index is 1.39. The highest BCUT2D eigenvalue weighted by atomic mass is 19.2. The van der Waals surface area contributed by atoms with E-state index in [4.69, 9.17) is 4.74 Å². The van der Waals surface area contributed by atoms with Crippen LogP contribution >= 0.6 is 0 Å². The fourth-order valence-electron chi connectivity index (χ4n) is 3.63. The third-order valence-electron chi connectivity index (χ3n) is 5.52. The number of hydrogen-bond donors (Lipinski definition) is 1. The van der Waals surface area contributed by atoms with Crippen molar-refractivity contribution >= 4 is 17.4 Å². The van der Waals surface area contributed by atoms with E-state index in [1.807, 2.05) is 25.8 Å². The van der Waals surface area contributed by atoms with E-state index < -0.39 is 11.6 Å². The number of carbonyl (C=O) groups is 1. The van der Waals surface area contributed by atoms with Gasteiger partial charge in [0.05, 0.1) is 11.8 Å². The normalized spacial score (nSPS) is 23.7. The molecule has 0 radical (unpaired) electrons. The number of nitrogens with one attached hydrogen (secondary N) is 1. The van der Waals surface area contributed by atoms with E-state index in [-0.39, 0.29) is 18.1 Å². The molecule has 1 N–H and O–H groups in total. The third kappa shape index (κ3) is 3.39. The number of fused-ring (bicyclic) bond motifs is 1. The van der Waals surface area contributed by atoms with Gasteiger partial charge in [-0.1, -0.05) is 0 Å². The Morgan fingerprint density at radius 2 is 2.00 bits per heavy atom. The number of nitrogens with zero attached hydrogens (tertiary/aromatic N) is 3. The largest absolute Gasteiger partial charge is 0.490 e. The van der Waals surface area contributed by atoms with E-state index in [2.05, 4.69) is 15.3 Å². The van der Waals surface area contributed by atoms with E-state index in [9.17, 15) is 13.6 Å². The molecular weight excluding hydrogens is 366 g/mol. The van der Waals surface area contributed by atoms with Crippen molar-refractivity contribution in [1.82, 2.24) is 9.97 Å². The van der Waals surface area contributed by atoms with Gasteiger partial charge in [0.15, 0.2) is 17.5 Å². The zero-order valence-electron chi connectivity index (χ0n) is 16.0. The Bertz CT molecular complexity index is 931. The molecule has 1 aliphatic carbocycles. The quantitative estimate of drug-likeness (QED) is 0.871. The molecule has 0 unspecified atom stereocenters. The number of halogens is 2. The van der Waals surface area contributed by atoms with E-state index in [0.29, 0.717) is 23.8 Å². The summed E-state index contributed by atoms with van der Waals surface area (Å²) in [6.45, 7) is 3.70. The number of benzene rings is 1. The SMILES string of the molecule is Cc1nc(CC2CC(Oc3ccc(F)c(F)c3)C2)nc2c1NC(=O)[C@H](C)N2C. The van der Waals surface area contributed by atoms with Gasteiger partial charge in [-0.3, -0.25) is 4.79 Å². The molecule has 0 saturated heterocycles. The van der Waals surface area contributed by atoms with Crippen molar-refractivity contribution in [3.05, 3.63) is 41.4 Å². The minimum absolute atomic E-state index is 0.0180. The molecule has 1 atom stereocenters. The highest BCUT2D eigenvalue weighted by Crippen LogP contribution is 2.36. The van der Waals surface area contributed by atoms with E-state index in [1.54, 1.807) is 0 Å². The Kier molecular flexibility index (Phi) is 4.64. The molecule has 1 aromatic heterocycles. The van der Waals surface area contributed by atoms with Crippen molar-refractivity contribution in [1.29, 1.82) is 0 Å². The van der Waals surface area contributed by atoms with Crippen molar-refractivity contribution in [2.75, 3.05) is 17.3 Å². The summed E-state index contributed by atoms with van der Waals surface area (Å²) in [6.07, 6.45) is 2.31. The zero-order valence-corrected chi connectivity index (χ0v) is 16.0. The number of anilines is 2. The van der Waals surface area contributed by atoms with Crippen molar-refractivity contribution < 1.29 is 18.3 Å². The molecule has 1 aliphatic heterocycles. The number of hydrogen-bond acceptors (Lipinski definition) is 5. The molecule has 8 heteroatoms. The zero-order chi connectivity index (χ0) is 20.0. The monoisotopic (exact) mass is 388 g/mol. The summed E-state index contributed by atoms with van der Waals surface area (Å²) in [6, 6.07) is 3.30. The van der Waals surface area contributed by atoms with E-state index >= 15 is 0 Å². The van der Waals surface area contributed by atoms with Crippen LogP contribution in [0.15, 0.2) is 18.2 Å². The van der Waals surface area contributed by atoms with Gasteiger partial charge in [-0.25, -0.2) is 18.7 Å². The van der Waals surface area contributed by atoms with Gasteiger partial charge in [0.25, 0.3) is 0 Å². The maximum Gasteiger partial charge on any atom is 0.246 e. The molecule has 1 aromatic carbocycles. The van der Waals surface area contributed by atoms with Crippen LogP contribution in [0.3, 0.4) is 0 Å². The van der Waals surface area contributed by atoms with Crippen molar-refractivity contribution in [3.8, 4) is 5.75 Å². The van der Waals surface area contributed by atoms with Crippen molar-refractivity contribution in [3.63, 3.8) is 0 Å². The topological polar surface area (TPSA) is 67.4 Å². The minimum atomic E-state index is -0.906. The summed E-state index contributed by atoms with van der Waals surface area (Å²) < 4.78 is 32.0. The lowest BCUT2D eigenvalue weighted by Crippen LogP contribution is -2.45. The lowest BCUT2D eigenvalue weighted by atomic mass is 9.80. The summed E-state index contributed by atoms with van der Waals surface area (Å²) in [4.78, 5) is 23.1. The van der Waals surface area contributed by atoms with Crippen LogP contribution in [-0.2, 0) is 11.2 Å². The molecule has 2 aliphatic rings. The number of rotatable bonds is 4. The average Bonchev–Trinajstić information content (AvgIpc) is 2.62. The second-order valence-corrected chi connectivity index (χ2v) is 7.56. The minimum Gasteiger partial charge on any atom is -0.490 e. The average molecular weight is 388 g/mol. The number of likely N-dealkylation sites (N-methyl/N-ethyl adjacent to an activating group) is 1. The van der Waals surface area contributed by atoms with Gasteiger partial charge in [0, 0.05) is 19.5 Å². The molecule has 2 heterocycles. The van der Waals surface area contributed by atoms with Gasteiger partial charge in [0.2, 0.25) is 5.91 Å². The van der Waals surface area contributed by atoms with Crippen LogP contribution < -0.4 is 15.0 Å². The molecule has 0 spiro atoms. The maximum atomic E-state index is 13.3. The lowest BCUT2D eigenvalue weighted by molar-refractivity contribution is -0.117. The lowest BCUT2D eigenvalue weighted by Gasteiger charge is -2.36. The Morgan fingerprint density at radius 1 is 1.25 bits per heavy atom. The molecule has 1 amide bonds. The van der Waals surface area contributed by atoms with Gasteiger partial charge in [0.1, 0.15) is 23.3 Å². The van der Waals surface area contributed by atoms with Gasteiger partial charge in [-0.15, -0.1) is 0 Å². The first-order valence-corrected chi connectivity index (χ1v) is 9.34. The molecular formula is C20H22F2N4O2. The predicted octanol–water partition coefficient (Wildman–Crippen LogP) is 3.24. The standard InChI is InChI=1S/C20H22F2N4O2/c1-10-18-19(26(3)11(2)20(27)25-18)24-17(23-10)8-12-6-14(7-12)28-13-4-5-15(21)16(22)9-13/h4-5,9,11-12,14H,6-8H2,1-3H3,(H,25,27)/t11-,12?,14?/m0/s1. The van der Waals surface area contributed by atoms with Crippen LogP contribution in [0, 0.1) is 24.5 Å². The number of ether oxygens (including phenoxy) is 1. The van der Waals surface area contributed by atoms with Crippen LogP contribution in [0.4, 0.5) is 20.3 Å². The maximum absolute atomic E-state index is 13.3. The molecule has 0 bridgehead atoms. The molecule has 1 saturated carbocycles. The van der Waals surface area contributed by atoms with Crippen LogP contribution in [0.2, 0.25) is 0 Å². The Hall–Kier alpha value is -2.77. The third-order valence-corrected chi connectivity index (χ3v) is 5.52. The summed E-state index contributed by atoms with van der Waals surface area (Å²) >= 11 is 0. The fraction of sp³-hybridized carbons (Fsp3) is 0.450. The first kappa shape index (κ1) is 18.6. The molecule has 1 fully saturated rings. The smallest absolute Gasteiger partial charge is 0.246 e. The van der Waals surface area contributed by atoms with Crippen LogP contribution in [0.5, 0.6) is 5.75 Å². The molecule has 6 nitrogen and oxygen atoms in total. The van der Waals surface area contributed by atoms with Gasteiger partial charge in [-0.05, 0) is 44.7 Å². The Labute approximate surface area is 161 Å². The number of amides is 1. The molecule has 28 heavy (non-hydrogen) atoms. The van der Waals surface area contributed by atoms with Crippen molar-refractivity contribution in [2.24, 2.45) is 5.92 Å². The number of aromatic nitrogens is 2. The van der Waals surface area contributed by atoms with Gasteiger partial charge >= 0.3 is 0 Å².